The van der Waals surface area contributed by atoms with Gasteiger partial charge in [0.15, 0.2) is 0 Å². The Kier molecular flexibility index (Phi) is 4.75. The number of nitriles is 1. The van der Waals surface area contributed by atoms with E-state index in [0.29, 0.717) is 11.3 Å². The minimum atomic E-state index is -0.526. The van der Waals surface area contributed by atoms with Crippen molar-refractivity contribution in [2.45, 2.75) is 0 Å². The van der Waals surface area contributed by atoms with Crippen LogP contribution in [0.15, 0.2) is 42.5 Å². The summed E-state index contributed by atoms with van der Waals surface area (Å²) in [5, 5.41) is 14.4. The maximum absolute atomic E-state index is 13.5. The SMILES string of the molecule is N#Cc1cccc(NC(=O)CNc2ccc(Cl)cc2F)c1. The summed E-state index contributed by atoms with van der Waals surface area (Å²) in [6.07, 6.45) is 0. The number of carbonyl (C=O) groups is 1. The average Bonchev–Trinajstić information content (AvgIpc) is 2.46. The van der Waals surface area contributed by atoms with Gasteiger partial charge in [0.25, 0.3) is 0 Å². The summed E-state index contributed by atoms with van der Waals surface area (Å²) in [4.78, 5) is 11.8. The highest BCUT2D eigenvalue weighted by Crippen LogP contribution is 2.18. The van der Waals surface area contributed by atoms with Crippen LogP contribution in [0.2, 0.25) is 5.02 Å². The Morgan fingerprint density at radius 3 is 2.81 bits per heavy atom. The van der Waals surface area contributed by atoms with Gasteiger partial charge in [-0.05, 0) is 36.4 Å². The molecule has 0 heterocycles. The second-order valence-electron chi connectivity index (χ2n) is 4.22. The van der Waals surface area contributed by atoms with Gasteiger partial charge < -0.3 is 10.6 Å². The molecular formula is C15H11ClFN3O. The summed E-state index contributed by atoms with van der Waals surface area (Å²) < 4.78 is 13.5. The molecule has 1 amide bonds. The van der Waals surface area contributed by atoms with Crippen molar-refractivity contribution in [2.75, 3.05) is 17.2 Å². The third-order valence-electron chi connectivity index (χ3n) is 2.65. The normalized spacial score (nSPS) is 9.76. The van der Waals surface area contributed by atoms with Gasteiger partial charge in [-0.15, -0.1) is 0 Å². The molecule has 21 heavy (non-hydrogen) atoms. The van der Waals surface area contributed by atoms with Crippen LogP contribution in [0.25, 0.3) is 0 Å². The first-order valence-electron chi connectivity index (χ1n) is 6.07. The molecule has 0 aromatic heterocycles. The van der Waals surface area contributed by atoms with Crippen LogP contribution in [-0.4, -0.2) is 12.5 Å². The monoisotopic (exact) mass is 303 g/mol. The molecule has 0 aliphatic rings. The molecule has 4 nitrogen and oxygen atoms in total. The number of carbonyl (C=O) groups excluding carboxylic acids is 1. The zero-order valence-corrected chi connectivity index (χ0v) is 11.6. The highest BCUT2D eigenvalue weighted by molar-refractivity contribution is 6.30. The van der Waals surface area contributed by atoms with E-state index in [4.69, 9.17) is 16.9 Å². The lowest BCUT2D eigenvalue weighted by Gasteiger charge is -2.09. The van der Waals surface area contributed by atoms with Crippen molar-refractivity contribution >= 4 is 28.9 Å². The molecule has 0 aliphatic heterocycles. The second kappa shape index (κ2) is 6.73. The van der Waals surface area contributed by atoms with Crippen LogP contribution in [0.3, 0.4) is 0 Å². The molecule has 0 bridgehead atoms. The smallest absolute Gasteiger partial charge is 0.243 e. The number of anilines is 2. The Labute approximate surface area is 126 Å². The summed E-state index contributed by atoms with van der Waals surface area (Å²) >= 11 is 5.64. The van der Waals surface area contributed by atoms with Crippen molar-refractivity contribution in [2.24, 2.45) is 0 Å². The first kappa shape index (κ1) is 14.8. The van der Waals surface area contributed by atoms with E-state index >= 15 is 0 Å². The molecule has 0 atom stereocenters. The van der Waals surface area contributed by atoms with E-state index in [9.17, 15) is 9.18 Å². The fourth-order valence-electron chi connectivity index (χ4n) is 1.68. The molecule has 2 aromatic rings. The van der Waals surface area contributed by atoms with Gasteiger partial charge in [-0.25, -0.2) is 4.39 Å². The summed E-state index contributed by atoms with van der Waals surface area (Å²) in [6.45, 7) is -0.102. The van der Waals surface area contributed by atoms with Crippen molar-refractivity contribution in [1.82, 2.24) is 0 Å². The molecule has 0 fully saturated rings. The predicted molar refractivity (Wildman–Crippen MR) is 79.7 cm³/mol. The first-order chi connectivity index (χ1) is 10.1. The Balaban J connectivity index is 1.94. The van der Waals surface area contributed by atoms with Crippen LogP contribution in [0.1, 0.15) is 5.56 Å². The molecular weight excluding hydrogens is 293 g/mol. The Morgan fingerprint density at radius 2 is 2.10 bits per heavy atom. The molecule has 0 radical (unpaired) electrons. The van der Waals surface area contributed by atoms with E-state index in [1.54, 1.807) is 24.3 Å². The lowest BCUT2D eigenvalue weighted by Crippen LogP contribution is -2.22. The minimum Gasteiger partial charge on any atom is -0.374 e. The zero-order chi connectivity index (χ0) is 15.2. The van der Waals surface area contributed by atoms with Gasteiger partial charge in [-0.2, -0.15) is 5.26 Å². The minimum absolute atomic E-state index is 0.102. The van der Waals surface area contributed by atoms with E-state index in [1.165, 1.54) is 12.1 Å². The molecule has 0 unspecified atom stereocenters. The lowest BCUT2D eigenvalue weighted by molar-refractivity contribution is -0.114. The fourth-order valence-corrected chi connectivity index (χ4v) is 1.84. The largest absolute Gasteiger partial charge is 0.374 e. The van der Waals surface area contributed by atoms with Crippen LogP contribution in [0.4, 0.5) is 15.8 Å². The number of nitrogens with zero attached hydrogens (tertiary/aromatic N) is 1. The van der Waals surface area contributed by atoms with Gasteiger partial charge in [0.2, 0.25) is 5.91 Å². The summed E-state index contributed by atoms with van der Waals surface area (Å²) in [7, 11) is 0. The Hall–Kier alpha value is -2.58. The number of amides is 1. The van der Waals surface area contributed by atoms with Crippen molar-refractivity contribution in [3.05, 3.63) is 58.9 Å². The number of benzene rings is 2. The van der Waals surface area contributed by atoms with Crippen molar-refractivity contribution in [3.63, 3.8) is 0 Å². The van der Waals surface area contributed by atoms with Crippen molar-refractivity contribution in [3.8, 4) is 6.07 Å². The summed E-state index contributed by atoms with van der Waals surface area (Å²) in [5.41, 5.74) is 1.15. The third kappa shape index (κ3) is 4.20. The van der Waals surface area contributed by atoms with Crippen LogP contribution >= 0.6 is 11.6 Å². The maximum atomic E-state index is 13.5. The first-order valence-corrected chi connectivity index (χ1v) is 6.45. The van der Waals surface area contributed by atoms with E-state index in [2.05, 4.69) is 10.6 Å². The van der Waals surface area contributed by atoms with E-state index in [1.807, 2.05) is 6.07 Å². The molecule has 0 spiro atoms. The zero-order valence-electron chi connectivity index (χ0n) is 10.9. The lowest BCUT2D eigenvalue weighted by atomic mass is 10.2. The third-order valence-corrected chi connectivity index (χ3v) is 2.88. The molecule has 0 saturated heterocycles. The van der Waals surface area contributed by atoms with Gasteiger partial charge in [0.05, 0.1) is 23.9 Å². The molecule has 106 valence electrons. The van der Waals surface area contributed by atoms with Gasteiger partial charge in [-0.1, -0.05) is 17.7 Å². The van der Waals surface area contributed by atoms with E-state index in [0.717, 1.165) is 6.07 Å². The molecule has 0 saturated carbocycles. The van der Waals surface area contributed by atoms with Gasteiger partial charge in [-0.3, -0.25) is 4.79 Å². The van der Waals surface area contributed by atoms with Crippen molar-refractivity contribution < 1.29 is 9.18 Å². The molecule has 2 aromatic carbocycles. The number of hydrogen-bond donors (Lipinski definition) is 2. The Bertz CT molecular complexity index is 712. The highest BCUT2D eigenvalue weighted by Gasteiger charge is 2.06. The number of halogens is 2. The summed E-state index contributed by atoms with van der Waals surface area (Å²) in [5.74, 6) is -0.874. The van der Waals surface area contributed by atoms with Gasteiger partial charge in [0, 0.05) is 10.7 Å². The van der Waals surface area contributed by atoms with Crippen molar-refractivity contribution in [1.29, 1.82) is 5.26 Å². The molecule has 6 heteroatoms. The van der Waals surface area contributed by atoms with E-state index < -0.39 is 5.82 Å². The maximum Gasteiger partial charge on any atom is 0.243 e. The molecule has 2 N–H and O–H groups in total. The number of rotatable bonds is 4. The molecule has 0 aliphatic carbocycles. The highest BCUT2D eigenvalue weighted by atomic mass is 35.5. The van der Waals surface area contributed by atoms with Gasteiger partial charge in [0.1, 0.15) is 5.82 Å². The van der Waals surface area contributed by atoms with Gasteiger partial charge >= 0.3 is 0 Å². The fraction of sp³-hybridized carbons (Fsp3) is 0.0667. The average molecular weight is 304 g/mol. The van der Waals surface area contributed by atoms with Crippen LogP contribution < -0.4 is 10.6 Å². The predicted octanol–water partition coefficient (Wildman–Crippen LogP) is 3.40. The standard InChI is InChI=1S/C15H11ClFN3O/c16-11-4-5-14(13(17)7-11)19-9-15(21)20-12-3-1-2-10(6-12)8-18/h1-7,19H,9H2,(H,20,21). The van der Waals surface area contributed by atoms with E-state index in [-0.39, 0.29) is 23.2 Å². The Morgan fingerprint density at radius 1 is 1.29 bits per heavy atom. The van der Waals surface area contributed by atoms with Crippen LogP contribution in [0.5, 0.6) is 0 Å². The topological polar surface area (TPSA) is 64.9 Å². The second-order valence-corrected chi connectivity index (χ2v) is 4.65. The quantitative estimate of drug-likeness (QED) is 0.910. The van der Waals surface area contributed by atoms with Crippen LogP contribution in [-0.2, 0) is 4.79 Å². The van der Waals surface area contributed by atoms with Crippen LogP contribution in [0, 0.1) is 17.1 Å². The number of hydrogen-bond acceptors (Lipinski definition) is 3. The molecule has 2 rings (SSSR count). The summed E-state index contributed by atoms with van der Waals surface area (Å²) in [6, 6.07) is 12.7. The number of nitrogens with one attached hydrogen (secondary N) is 2.